The first-order valence-electron chi connectivity index (χ1n) is 7.93. The number of anilines is 1. The maximum Gasteiger partial charge on any atom is 0.256 e. The molecule has 0 saturated carbocycles. The molecule has 1 N–H and O–H groups in total. The third-order valence-electron chi connectivity index (χ3n) is 4.22. The summed E-state index contributed by atoms with van der Waals surface area (Å²) < 4.78 is 10.6. The van der Waals surface area contributed by atoms with Crippen molar-refractivity contribution in [2.45, 2.75) is 19.8 Å². The maximum absolute atomic E-state index is 12.3. The van der Waals surface area contributed by atoms with Gasteiger partial charge in [-0.3, -0.25) is 4.79 Å². The molecule has 1 heterocycles. The zero-order chi connectivity index (χ0) is 17.3. The smallest absolute Gasteiger partial charge is 0.256 e. The van der Waals surface area contributed by atoms with Gasteiger partial charge in [0.25, 0.3) is 5.91 Å². The minimum atomic E-state index is -0.117. The molecular formula is C20H21NO3. The minimum absolute atomic E-state index is 0.117. The highest BCUT2D eigenvalue weighted by Crippen LogP contribution is 2.41. The number of carbonyl (C=O) groups is 1. The van der Waals surface area contributed by atoms with E-state index in [1.165, 1.54) is 5.56 Å². The lowest BCUT2D eigenvalue weighted by Gasteiger charge is -2.09. The molecule has 0 aliphatic carbocycles. The number of methoxy groups -OCH3 is 2. The van der Waals surface area contributed by atoms with Gasteiger partial charge in [0.1, 0.15) is 0 Å². The number of amides is 1. The summed E-state index contributed by atoms with van der Waals surface area (Å²) in [5, 5.41) is 2.88. The Bertz CT molecular complexity index is 804. The van der Waals surface area contributed by atoms with Crippen molar-refractivity contribution in [2.75, 3.05) is 19.5 Å². The molecule has 0 spiro atoms. The molecule has 4 nitrogen and oxygen atoms in total. The van der Waals surface area contributed by atoms with Gasteiger partial charge in [-0.1, -0.05) is 38.1 Å². The molecule has 0 aromatic heterocycles. The van der Waals surface area contributed by atoms with E-state index in [0.29, 0.717) is 23.0 Å². The van der Waals surface area contributed by atoms with Gasteiger partial charge in [-0.15, -0.1) is 0 Å². The van der Waals surface area contributed by atoms with Gasteiger partial charge in [0.15, 0.2) is 11.5 Å². The molecule has 2 aromatic carbocycles. The average Bonchev–Trinajstić information content (AvgIpc) is 2.88. The van der Waals surface area contributed by atoms with Gasteiger partial charge in [-0.25, -0.2) is 0 Å². The summed E-state index contributed by atoms with van der Waals surface area (Å²) in [4.78, 5) is 12.3. The Kier molecular flexibility index (Phi) is 4.30. The zero-order valence-corrected chi connectivity index (χ0v) is 14.3. The van der Waals surface area contributed by atoms with Crippen LogP contribution in [0.3, 0.4) is 0 Å². The van der Waals surface area contributed by atoms with Crippen molar-refractivity contribution in [3.63, 3.8) is 0 Å². The molecule has 24 heavy (non-hydrogen) atoms. The molecule has 124 valence electrons. The molecule has 0 unspecified atom stereocenters. The molecule has 0 bridgehead atoms. The first-order chi connectivity index (χ1) is 11.5. The van der Waals surface area contributed by atoms with Crippen LogP contribution < -0.4 is 14.8 Å². The Morgan fingerprint density at radius 2 is 1.62 bits per heavy atom. The van der Waals surface area contributed by atoms with Crippen molar-refractivity contribution in [3.8, 4) is 11.5 Å². The first kappa shape index (κ1) is 16.1. The standard InChI is InChI=1S/C20H21NO3/c1-12(2)14-7-5-13(6-8-14)9-16-15-10-18(23-3)19(24-4)11-17(15)21-20(16)22/h5-12H,1-4H3,(H,21,22)/b16-9+. The topological polar surface area (TPSA) is 47.6 Å². The number of carbonyl (C=O) groups excluding carboxylic acids is 1. The van der Waals surface area contributed by atoms with Crippen molar-refractivity contribution in [3.05, 3.63) is 53.1 Å². The van der Waals surface area contributed by atoms with Crippen molar-refractivity contribution in [1.82, 2.24) is 0 Å². The maximum atomic E-state index is 12.3. The van der Waals surface area contributed by atoms with Gasteiger partial charge < -0.3 is 14.8 Å². The zero-order valence-electron chi connectivity index (χ0n) is 14.3. The van der Waals surface area contributed by atoms with Crippen molar-refractivity contribution >= 4 is 23.2 Å². The molecule has 2 aromatic rings. The lowest BCUT2D eigenvalue weighted by Crippen LogP contribution is -2.03. The molecule has 3 rings (SSSR count). The van der Waals surface area contributed by atoms with Crippen LogP contribution in [0, 0.1) is 0 Å². The highest BCUT2D eigenvalue weighted by Gasteiger charge is 2.26. The number of ether oxygens (including phenoxy) is 2. The molecule has 1 amide bonds. The van der Waals surface area contributed by atoms with E-state index < -0.39 is 0 Å². The van der Waals surface area contributed by atoms with Gasteiger partial charge in [0.2, 0.25) is 0 Å². The normalized spacial score (nSPS) is 14.7. The summed E-state index contributed by atoms with van der Waals surface area (Å²) in [6, 6.07) is 11.9. The van der Waals surface area contributed by atoms with Gasteiger partial charge in [-0.2, -0.15) is 0 Å². The van der Waals surface area contributed by atoms with Crippen LogP contribution in [0.4, 0.5) is 5.69 Å². The Morgan fingerprint density at radius 3 is 2.21 bits per heavy atom. The second kappa shape index (κ2) is 6.40. The summed E-state index contributed by atoms with van der Waals surface area (Å²) >= 11 is 0. The van der Waals surface area contributed by atoms with E-state index in [-0.39, 0.29) is 5.91 Å². The molecule has 1 aliphatic rings. The van der Waals surface area contributed by atoms with Crippen LogP contribution in [0.25, 0.3) is 11.6 Å². The molecule has 0 radical (unpaired) electrons. The Hall–Kier alpha value is -2.75. The lowest BCUT2D eigenvalue weighted by atomic mass is 9.99. The largest absolute Gasteiger partial charge is 0.493 e. The fraction of sp³-hybridized carbons (Fsp3) is 0.250. The van der Waals surface area contributed by atoms with Gasteiger partial charge >= 0.3 is 0 Å². The van der Waals surface area contributed by atoms with E-state index in [1.807, 2.05) is 24.3 Å². The van der Waals surface area contributed by atoms with Crippen LogP contribution in [-0.4, -0.2) is 20.1 Å². The predicted molar refractivity (Wildman–Crippen MR) is 96.6 cm³/mol. The predicted octanol–water partition coefficient (Wildman–Crippen LogP) is 4.32. The Balaban J connectivity index is 2.02. The number of hydrogen-bond acceptors (Lipinski definition) is 3. The van der Waals surface area contributed by atoms with E-state index in [9.17, 15) is 4.79 Å². The fourth-order valence-corrected chi connectivity index (χ4v) is 2.80. The van der Waals surface area contributed by atoms with E-state index in [2.05, 4.69) is 31.3 Å². The van der Waals surface area contributed by atoms with Gasteiger partial charge in [0.05, 0.1) is 19.9 Å². The summed E-state index contributed by atoms with van der Waals surface area (Å²) in [7, 11) is 3.16. The van der Waals surface area contributed by atoms with E-state index in [0.717, 1.165) is 16.8 Å². The second-order valence-electron chi connectivity index (χ2n) is 6.09. The molecule has 1 aliphatic heterocycles. The quantitative estimate of drug-likeness (QED) is 0.852. The number of fused-ring (bicyclic) bond motifs is 1. The number of rotatable bonds is 4. The SMILES string of the molecule is COc1cc2c(cc1OC)/C(=C\c1ccc(C(C)C)cc1)C(=O)N2. The average molecular weight is 323 g/mol. The highest BCUT2D eigenvalue weighted by molar-refractivity contribution is 6.35. The number of nitrogens with one attached hydrogen (secondary N) is 1. The summed E-state index contributed by atoms with van der Waals surface area (Å²) in [5.74, 6) is 1.57. The second-order valence-corrected chi connectivity index (χ2v) is 6.09. The Morgan fingerprint density at radius 1 is 1.00 bits per heavy atom. The summed E-state index contributed by atoms with van der Waals surface area (Å²) in [5.41, 5.74) is 4.46. The van der Waals surface area contributed by atoms with Gasteiger partial charge in [-0.05, 0) is 29.2 Å². The molecule has 0 saturated heterocycles. The number of benzene rings is 2. The van der Waals surface area contributed by atoms with Crippen LogP contribution in [-0.2, 0) is 4.79 Å². The van der Waals surface area contributed by atoms with E-state index >= 15 is 0 Å². The van der Waals surface area contributed by atoms with E-state index in [1.54, 1.807) is 20.3 Å². The fourth-order valence-electron chi connectivity index (χ4n) is 2.80. The molecule has 0 atom stereocenters. The van der Waals surface area contributed by atoms with Crippen LogP contribution in [0.2, 0.25) is 0 Å². The van der Waals surface area contributed by atoms with Crippen LogP contribution in [0.15, 0.2) is 36.4 Å². The minimum Gasteiger partial charge on any atom is -0.493 e. The molecule has 4 heteroatoms. The molecular weight excluding hydrogens is 302 g/mol. The molecule has 0 fully saturated rings. The lowest BCUT2D eigenvalue weighted by molar-refractivity contribution is -0.110. The summed E-state index contributed by atoms with van der Waals surface area (Å²) in [6.45, 7) is 4.32. The summed E-state index contributed by atoms with van der Waals surface area (Å²) in [6.07, 6.45) is 1.90. The number of hydrogen-bond donors (Lipinski definition) is 1. The third kappa shape index (κ3) is 2.87. The van der Waals surface area contributed by atoms with E-state index in [4.69, 9.17) is 9.47 Å². The van der Waals surface area contributed by atoms with Gasteiger partial charge in [0, 0.05) is 17.2 Å². The third-order valence-corrected chi connectivity index (χ3v) is 4.22. The van der Waals surface area contributed by atoms with Crippen molar-refractivity contribution in [2.24, 2.45) is 0 Å². The van der Waals surface area contributed by atoms with Crippen LogP contribution >= 0.6 is 0 Å². The van der Waals surface area contributed by atoms with Crippen LogP contribution in [0.1, 0.15) is 36.5 Å². The Labute approximate surface area is 142 Å². The monoisotopic (exact) mass is 323 g/mol. The highest BCUT2D eigenvalue weighted by atomic mass is 16.5. The van der Waals surface area contributed by atoms with Crippen molar-refractivity contribution < 1.29 is 14.3 Å². The van der Waals surface area contributed by atoms with Crippen molar-refractivity contribution in [1.29, 1.82) is 0 Å². The van der Waals surface area contributed by atoms with Crippen LogP contribution in [0.5, 0.6) is 11.5 Å². The first-order valence-corrected chi connectivity index (χ1v) is 7.93.